The van der Waals surface area contributed by atoms with Gasteiger partial charge >= 0.3 is 0 Å². The molecule has 0 N–H and O–H groups in total. The number of fused-ring (bicyclic) bond motifs is 11. The molecule has 70 heavy (non-hydrogen) atoms. The average Bonchev–Trinajstić information content (AvgIpc) is 3.96. The monoisotopic (exact) mass is 890 g/mol. The van der Waals surface area contributed by atoms with Crippen molar-refractivity contribution < 1.29 is 4.42 Å². The summed E-state index contributed by atoms with van der Waals surface area (Å²) in [4.78, 5) is 16.7. The molecule has 5 nitrogen and oxygen atoms in total. The van der Waals surface area contributed by atoms with Gasteiger partial charge < -0.3 is 8.98 Å². The van der Waals surface area contributed by atoms with E-state index in [1.165, 1.54) is 21.5 Å². The zero-order valence-corrected chi connectivity index (χ0v) is 37.6. The highest BCUT2D eigenvalue weighted by molar-refractivity contribution is 6.17. The maximum Gasteiger partial charge on any atom is 0.165 e. The molecule has 324 valence electrons. The van der Waals surface area contributed by atoms with Crippen LogP contribution in [0, 0.1) is 0 Å². The Morgan fingerprint density at radius 3 is 1.40 bits per heavy atom. The standard InChI is InChI=1S/C65H38N4O/c1-2-17-40-38-57-53(36-39(40)16-1)50-26-11-13-29-55(50)69(57)56-33-32-45(37-54(56)51-28-15-31-59-60(51)52-27-12-14-30-58(52)70-59)63-66-64(61-46-22-7-3-18-41(46)34-42-19-4-8-23-47(42)61)68-65(67-63)62-48-24-9-5-20-43(48)35-44-21-6-10-25-49(44)62/h1-38H. The molecule has 0 aliphatic rings. The van der Waals surface area contributed by atoms with Gasteiger partial charge in [0, 0.05) is 43.8 Å². The first-order chi connectivity index (χ1) is 34.7. The highest BCUT2D eigenvalue weighted by atomic mass is 16.3. The molecule has 0 bridgehead atoms. The Hall–Kier alpha value is -9.45. The van der Waals surface area contributed by atoms with Crippen LogP contribution < -0.4 is 0 Å². The zero-order valence-electron chi connectivity index (χ0n) is 37.6. The van der Waals surface area contributed by atoms with E-state index < -0.39 is 0 Å². The van der Waals surface area contributed by atoms with E-state index in [9.17, 15) is 0 Å². The van der Waals surface area contributed by atoms with Crippen molar-refractivity contribution in [1.82, 2.24) is 19.5 Å². The van der Waals surface area contributed by atoms with Crippen molar-refractivity contribution >= 4 is 97.6 Å². The molecule has 0 aliphatic carbocycles. The number of aromatic nitrogens is 4. The van der Waals surface area contributed by atoms with Gasteiger partial charge in [0.25, 0.3) is 0 Å². The highest BCUT2D eigenvalue weighted by Gasteiger charge is 2.24. The lowest BCUT2D eigenvalue weighted by atomic mass is 9.94. The molecule has 0 atom stereocenters. The zero-order chi connectivity index (χ0) is 45.9. The second kappa shape index (κ2) is 15.0. The first-order valence-corrected chi connectivity index (χ1v) is 23.8. The van der Waals surface area contributed by atoms with E-state index in [2.05, 4.69) is 229 Å². The van der Waals surface area contributed by atoms with Crippen LogP contribution in [0.1, 0.15) is 0 Å². The van der Waals surface area contributed by atoms with Gasteiger partial charge in [-0.15, -0.1) is 0 Å². The summed E-state index contributed by atoms with van der Waals surface area (Å²) in [7, 11) is 0. The molecule has 0 aliphatic heterocycles. The van der Waals surface area contributed by atoms with Crippen LogP contribution in [-0.2, 0) is 0 Å². The fourth-order valence-electron chi connectivity index (χ4n) is 11.2. The third-order valence-electron chi connectivity index (χ3n) is 14.4. The molecule has 0 amide bonds. The number of rotatable bonds is 5. The molecule has 0 fully saturated rings. The molecule has 0 unspecified atom stereocenters. The number of furan rings is 1. The Labute approximate surface area is 401 Å². The van der Waals surface area contributed by atoms with Crippen molar-refractivity contribution in [3.63, 3.8) is 0 Å². The number of para-hydroxylation sites is 2. The first kappa shape index (κ1) is 38.6. The summed E-state index contributed by atoms with van der Waals surface area (Å²) in [6.45, 7) is 0. The Bertz CT molecular complexity index is 4430. The molecule has 0 radical (unpaired) electrons. The Kier molecular flexibility index (Phi) is 8.29. The van der Waals surface area contributed by atoms with Gasteiger partial charge in [-0.2, -0.15) is 0 Å². The lowest BCUT2D eigenvalue weighted by Gasteiger charge is -2.18. The number of nitrogens with zero attached hydrogens (tertiary/aromatic N) is 4. The second-order valence-corrected chi connectivity index (χ2v) is 18.3. The van der Waals surface area contributed by atoms with Crippen molar-refractivity contribution in [2.24, 2.45) is 0 Å². The van der Waals surface area contributed by atoms with Crippen LogP contribution in [0.25, 0.3) is 149 Å². The van der Waals surface area contributed by atoms with Gasteiger partial charge in [0.15, 0.2) is 17.5 Å². The van der Waals surface area contributed by atoms with Crippen LogP contribution in [0.5, 0.6) is 0 Å². The normalized spacial score (nSPS) is 12.0. The molecule has 5 heteroatoms. The maximum absolute atomic E-state index is 6.58. The predicted octanol–water partition coefficient (Wildman–Crippen LogP) is 17.3. The van der Waals surface area contributed by atoms with Gasteiger partial charge in [0.2, 0.25) is 0 Å². The minimum Gasteiger partial charge on any atom is -0.456 e. The molecule has 0 spiro atoms. The lowest BCUT2D eigenvalue weighted by molar-refractivity contribution is 0.669. The Morgan fingerprint density at radius 1 is 0.300 bits per heavy atom. The maximum atomic E-state index is 6.58. The van der Waals surface area contributed by atoms with Gasteiger partial charge in [-0.3, -0.25) is 0 Å². The van der Waals surface area contributed by atoms with Crippen LogP contribution in [0.3, 0.4) is 0 Å². The fraction of sp³-hybridized carbons (Fsp3) is 0. The minimum atomic E-state index is 0.583. The number of hydrogen-bond donors (Lipinski definition) is 0. The summed E-state index contributed by atoms with van der Waals surface area (Å²) in [6.07, 6.45) is 0. The quantitative estimate of drug-likeness (QED) is 0.162. The van der Waals surface area contributed by atoms with E-state index in [0.717, 1.165) is 110 Å². The summed E-state index contributed by atoms with van der Waals surface area (Å²) in [6, 6.07) is 82.3. The van der Waals surface area contributed by atoms with Crippen LogP contribution in [0.2, 0.25) is 0 Å². The van der Waals surface area contributed by atoms with Crippen LogP contribution >= 0.6 is 0 Å². The molecular weight excluding hydrogens is 853 g/mol. The van der Waals surface area contributed by atoms with E-state index in [0.29, 0.717) is 17.5 Å². The van der Waals surface area contributed by atoms with Gasteiger partial charge in [-0.1, -0.05) is 170 Å². The van der Waals surface area contributed by atoms with Crippen LogP contribution in [0.4, 0.5) is 0 Å². The fourth-order valence-corrected chi connectivity index (χ4v) is 11.2. The molecule has 0 saturated heterocycles. The highest BCUT2D eigenvalue weighted by Crippen LogP contribution is 2.45. The largest absolute Gasteiger partial charge is 0.456 e. The summed E-state index contributed by atoms with van der Waals surface area (Å²) < 4.78 is 9.02. The third kappa shape index (κ3) is 5.82. The van der Waals surface area contributed by atoms with Gasteiger partial charge in [0.05, 0.1) is 16.7 Å². The van der Waals surface area contributed by atoms with E-state index in [1.807, 2.05) is 6.07 Å². The van der Waals surface area contributed by atoms with Crippen LogP contribution in [0.15, 0.2) is 235 Å². The van der Waals surface area contributed by atoms with Gasteiger partial charge in [0.1, 0.15) is 11.2 Å². The topological polar surface area (TPSA) is 56.7 Å². The van der Waals surface area contributed by atoms with Crippen molar-refractivity contribution in [1.29, 1.82) is 0 Å². The summed E-state index contributed by atoms with van der Waals surface area (Å²) in [5, 5.41) is 15.8. The first-order valence-electron chi connectivity index (χ1n) is 23.8. The molecule has 3 heterocycles. The van der Waals surface area contributed by atoms with E-state index in [1.54, 1.807) is 0 Å². The lowest BCUT2D eigenvalue weighted by Crippen LogP contribution is -2.03. The van der Waals surface area contributed by atoms with Crippen molar-refractivity contribution in [3.05, 3.63) is 231 Å². The molecule has 0 saturated carbocycles. The Morgan fingerprint density at radius 2 is 0.786 bits per heavy atom. The van der Waals surface area contributed by atoms with Gasteiger partial charge in [-0.05, 0) is 120 Å². The average molecular weight is 891 g/mol. The second-order valence-electron chi connectivity index (χ2n) is 18.3. The van der Waals surface area contributed by atoms with Crippen molar-refractivity contribution in [3.8, 4) is 51.0 Å². The molecule has 15 rings (SSSR count). The number of hydrogen-bond acceptors (Lipinski definition) is 4. The third-order valence-corrected chi connectivity index (χ3v) is 14.4. The van der Waals surface area contributed by atoms with Crippen molar-refractivity contribution in [2.45, 2.75) is 0 Å². The minimum absolute atomic E-state index is 0.583. The molecular formula is C65H38N4O. The molecule has 12 aromatic carbocycles. The molecule has 15 aromatic rings. The summed E-state index contributed by atoms with van der Waals surface area (Å²) in [5.41, 5.74) is 9.89. The summed E-state index contributed by atoms with van der Waals surface area (Å²) >= 11 is 0. The SMILES string of the molecule is c1ccc2cc3c(cc2c1)c1ccccc1n3-c1ccc(-c2nc(-c3c4ccccc4cc4ccccc34)nc(-c3c4ccccc4cc4ccccc34)n2)cc1-c1cccc2oc3ccccc3c12. The summed E-state index contributed by atoms with van der Waals surface area (Å²) in [5.74, 6) is 1.82. The van der Waals surface area contributed by atoms with E-state index >= 15 is 0 Å². The Balaban J connectivity index is 1.07. The number of benzene rings is 12. The predicted molar refractivity (Wildman–Crippen MR) is 291 cm³/mol. The van der Waals surface area contributed by atoms with Crippen LogP contribution in [-0.4, -0.2) is 19.5 Å². The smallest absolute Gasteiger partial charge is 0.165 e. The van der Waals surface area contributed by atoms with E-state index in [-0.39, 0.29) is 0 Å². The van der Waals surface area contributed by atoms with E-state index in [4.69, 9.17) is 19.4 Å². The van der Waals surface area contributed by atoms with Gasteiger partial charge in [-0.25, -0.2) is 15.0 Å². The molecule has 3 aromatic heterocycles. The van der Waals surface area contributed by atoms with Crippen molar-refractivity contribution in [2.75, 3.05) is 0 Å².